The molecule has 0 radical (unpaired) electrons. The molecule has 1 saturated carbocycles. The number of nitrogens with zero attached hydrogens (tertiary/aromatic N) is 1. The topological polar surface area (TPSA) is 61.4 Å². The van der Waals surface area contributed by atoms with E-state index in [1.807, 2.05) is 0 Å². The van der Waals surface area contributed by atoms with Crippen LogP contribution < -0.4 is 10.0 Å². The molecular weight excluding hydrogens is 238 g/mol. The van der Waals surface area contributed by atoms with E-state index >= 15 is 0 Å². The summed E-state index contributed by atoms with van der Waals surface area (Å²) in [4.78, 5) is 0. The average Bonchev–Trinajstić information content (AvgIpc) is 2.91. The lowest BCUT2D eigenvalue weighted by Gasteiger charge is -2.30. The zero-order valence-corrected chi connectivity index (χ0v) is 10.9. The van der Waals surface area contributed by atoms with Gasteiger partial charge in [-0.25, -0.2) is 0 Å². The maximum absolute atomic E-state index is 12.3. The molecule has 0 aromatic heterocycles. The largest absolute Gasteiger partial charge is 0.317 e. The summed E-state index contributed by atoms with van der Waals surface area (Å²) >= 11 is 0. The van der Waals surface area contributed by atoms with E-state index < -0.39 is 10.2 Å². The highest BCUT2D eigenvalue weighted by Crippen LogP contribution is 2.38. The van der Waals surface area contributed by atoms with E-state index in [0.717, 1.165) is 45.3 Å². The molecule has 98 valence electrons. The van der Waals surface area contributed by atoms with Crippen LogP contribution in [0.5, 0.6) is 0 Å². The van der Waals surface area contributed by atoms with Crippen molar-refractivity contribution in [2.75, 3.05) is 19.6 Å². The van der Waals surface area contributed by atoms with Gasteiger partial charge in [-0.1, -0.05) is 0 Å². The van der Waals surface area contributed by atoms with Crippen molar-refractivity contribution in [1.82, 2.24) is 14.3 Å². The van der Waals surface area contributed by atoms with Gasteiger partial charge in [-0.15, -0.1) is 0 Å². The Morgan fingerprint density at radius 1 is 1.12 bits per heavy atom. The summed E-state index contributed by atoms with van der Waals surface area (Å²) in [6, 6.07) is 0.402. The fourth-order valence-corrected chi connectivity index (χ4v) is 5.18. The first-order valence-corrected chi connectivity index (χ1v) is 8.09. The molecular formula is C11H21N3O2S. The number of nitrogens with one attached hydrogen (secondary N) is 2. The van der Waals surface area contributed by atoms with E-state index in [1.54, 1.807) is 4.31 Å². The van der Waals surface area contributed by atoms with E-state index in [4.69, 9.17) is 0 Å². The van der Waals surface area contributed by atoms with Crippen molar-refractivity contribution < 1.29 is 8.42 Å². The molecule has 0 amide bonds. The standard InChI is InChI=1S/C11H21N3O2S/c15-17(16,13-10-3-5-12-6-4-10)14-8-9-1-2-11(14)7-9/h9-13H,1-8H2. The van der Waals surface area contributed by atoms with Gasteiger partial charge in [-0.2, -0.15) is 17.4 Å². The monoisotopic (exact) mass is 259 g/mol. The summed E-state index contributed by atoms with van der Waals surface area (Å²) in [7, 11) is -3.23. The third-order valence-electron chi connectivity index (χ3n) is 4.32. The van der Waals surface area contributed by atoms with Gasteiger partial charge in [0.05, 0.1) is 0 Å². The molecule has 0 aromatic carbocycles. The van der Waals surface area contributed by atoms with Crippen LogP contribution >= 0.6 is 0 Å². The van der Waals surface area contributed by atoms with Crippen molar-refractivity contribution in [2.45, 2.75) is 44.2 Å². The van der Waals surface area contributed by atoms with E-state index in [0.29, 0.717) is 5.92 Å². The molecule has 0 aromatic rings. The predicted molar refractivity (Wildman–Crippen MR) is 65.8 cm³/mol. The minimum absolute atomic E-state index is 0.125. The lowest BCUT2D eigenvalue weighted by molar-refractivity contribution is 0.320. The molecule has 2 bridgehead atoms. The fourth-order valence-electron chi connectivity index (χ4n) is 3.39. The predicted octanol–water partition coefficient (Wildman–Crippen LogP) is 0.0571. The van der Waals surface area contributed by atoms with Crippen molar-refractivity contribution in [3.8, 4) is 0 Å². The smallest absolute Gasteiger partial charge is 0.279 e. The van der Waals surface area contributed by atoms with Gasteiger partial charge in [0.25, 0.3) is 10.2 Å². The molecule has 2 saturated heterocycles. The highest BCUT2D eigenvalue weighted by molar-refractivity contribution is 7.87. The van der Waals surface area contributed by atoms with Gasteiger partial charge in [-0.3, -0.25) is 0 Å². The van der Waals surface area contributed by atoms with Crippen LogP contribution in [0.2, 0.25) is 0 Å². The summed E-state index contributed by atoms with van der Waals surface area (Å²) in [6.45, 7) is 2.57. The summed E-state index contributed by atoms with van der Waals surface area (Å²) in [5, 5.41) is 3.25. The Balaban J connectivity index is 1.64. The van der Waals surface area contributed by atoms with Crippen molar-refractivity contribution >= 4 is 10.2 Å². The molecule has 2 N–H and O–H groups in total. The van der Waals surface area contributed by atoms with Crippen molar-refractivity contribution in [3.05, 3.63) is 0 Å². The zero-order chi connectivity index (χ0) is 11.9. The van der Waals surface area contributed by atoms with Crippen LogP contribution in [0.15, 0.2) is 0 Å². The summed E-state index contributed by atoms with van der Waals surface area (Å²) in [6.07, 6.45) is 5.15. The second-order valence-electron chi connectivity index (χ2n) is 5.55. The van der Waals surface area contributed by atoms with E-state index in [-0.39, 0.29) is 12.1 Å². The molecule has 5 nitrogen and oxygen atoms in total. The normalized spacial score (nSPS) is 35.5. The number of hydrogen-bond acceptors (Lipinski definition) is 3. The Labute approximate surface area is 103 Å². The van der Waals surface area contributed by atoms with Gasteiger partial charge < -0.3 is 5.32 Å². The summed E-state index contributed by atoms with van der Waals surface area (Å²) in [5.41, 5.74) is 0. The quantitative estimate of drug-likeness (QED) is 0.753. The van der Waals surface area contributed by atoms with E-state index in [1.165, 1.54) is 6.42 Å². The highest BCUT2D eigenvalue weighted by Gasteiger charge is 2.44. The van der Waals surface area contributed by atoms with Crippen LogP contribution in [-0.4, -0.2) is 44.4 Å². The summed E-state index contributed by atoms with van der Waals surface area (Å²) in [5.74, 6) is 0.615. The van der Waals surface area contributed by atoms with Crippen molar-refractivity contribution in [1.29, 1.82) is 0 Å². The molecule has 3 fully saturated rings. The fraction of sp³-hybridized carbons (Fsp3) is 1.00. The molecule has 1 aliphatic carbocycles. The van der Waals surface area contributed by atoms with Crippen molar-refractivity contribution in [3.63, 3.8) is 0 Å². The molecule has 3 aliphatic rings. The number of rotatable bonds is 3. The first-order chi connectivity index (χ1) is 8.15. The van der Waals surface area contributed by atoms with E-state index in [9.17, 15) is 8.42 Å². The van der Waals surface area contributed by atoms with Crippen LogP contribution in [0, 0.1) is 5.92 Å². The minimum atomic E-state index is -3.23. The second-order valence-corrected chi connectivity index (χ2v) is 7.20. The lowest BCUT2D eigenvalue weighted by atomic mass is 10.1. The van der Waals surface area contributed by atoms with Gasteiger partial charge in [0, 0.05) is 18.6 Å². The Bertz CT molecular complexity index is 378. The van der Waals surface area contributed by atoms with Crippen molar-refractivity contribution in [2.24, 2.45) is 5.92 Å². The first kappa shape index (κ1) is 11.9. The molecule has 2 aliphatic heterocycles. The lowest BCUT2D eigenvalue weighted by Crippen LogP contribution is -2.50. The van der Waals surface area contributed by atoms with Gasteiger partial charge in [-0.05, 0) is 51.1 Å². The first-order valence-electron chi connectivity index (χ1n) is 6.65. The SMILES string of the molecule is O=S(=O)(NC1CCNCC1)N1CC2CCC1C2. The molecule has 2 atom stereocenters. The van der Waals surface area contributed by atoms with Crippen LogP contribution in [0.4, 0.5) is 0 Å². The average molecular weight is 259 g/mol. The van der Waals surface area contributed by atoms with Crippen LogP contribution in [-0.2, 0) is 10.2 Å². The highest BCUT2D eigenvalue weighted by atomic mass is 32.2. The molecule has 2 unspecified atom stereocenters. The second kappa shape index (κ2) is 4.50. The molecule has 3 rings (SSSR count). The zero-order valence-electron chi connectivity index (χ0n) is 10.1. The molecule has 17 heavy (non-hydrogen) atoms. The minimum Gasteiger partial charge on any atom is -0.317 e. The van der Waals surface area contributed by atoms with E-state index in [2.05, 4.69) is 10.0 Å². The van der Waals surface area contributed by atoms with Crippen LogP contribution in [0.1, 0.15) is 32.1 Å². The van der Waals surface area contributed by atoms with Gasteiger partial charge in [0.15, 0.2) is 0 Å². The molecule has 6 heteroatoms. The maximum atomic E-state index is 12.3. The van der Waals surface area contributed by atoms with Gasteiger partial charge in [0.2, 0.25) is 0 Å². The number of fused-ring (bicyclic) bond motifs is 2. The van der Waals surface area contributed by atoms with Gasteiger partial charge in [0.1, 0.15) is 0 Å². The summed E-state index contributed by atoms with van der Waals surface area (Å²) < 4.78 is 29.2. The Morgan fingerprint density at radius 2 is 1.88 bits per heavy atom. The Kier molecular flexibility index (Phi) is 3.15. The van der Waals surface area contributed by atoms with Crippen LogP contribution in [0.3, 0.4) is 0 Å². The third-order valence-corrected chi connectivity index (χ3v) is 6.02. The van der Waals surface area contributed by atoms with Crippen LogP contribution in [0.25, 0.3) is 0 Å². The van der Waals surface area contributed by atoms with Gasteiger partial charge >= 0.3 is 0 Å². The molecule has 0 spiro atoms. The number of piperidine rings is 2. The third kappa shape index (κ3) is 2.36. The Hall–Kier alpha value is -0.170. The number of hydrogen-bond donors (Lipinski definition) is 2. The molecule has 2 heterocycles. The maximum Gasteiger partial charge on any atom is 0.279 e. The Morgan fingerprint density at radius 3 is 2.47 bits per heavy atom.